The monoisotopic (exact) mass is 286 g/mol. The first-order chi connectivity index (χ1) is 10.0. The molecule has 21 heavy (non-hydrogen) atoms. The van der Waals surface area contributed by atoms with Crippen LogP contribution in [0.25, 0.3) is 0 Å². The van der Waals surface area contributed by atoms with Crippen molar-refractivity contribution in [3.63, 3.8) is 0 Å². The number of nitrogen functional groups attached to an aromatic ring is 1. The molecule has 4 heteroatoms. The van der Waals surface area contributed by atoms with Crippen LogP contribution in [0.3, 0.4) is 0 Å². The fraction of sp³-hybridized carbons (Fsp3) is 0.235. The van der Waals surface area contributed by atoms with Gasteiger partial charge in [-0.3, -0.25) is 4.79 Å². The van der Waals surface area contributed by atoms with Crippen LogP contribution in [-0.2, 0) is 0 Å². The van der Waals surface area contributed by atoms with Crippen molar-refractivity contribution in [1.29, 1.82) is 0 Å². The van der Waals surface area contributed by atoms with Gasteiger partial charge in [0.15, 0.2) is 0 Å². The Balaban J connectivity index is 2.39. The number of halogens is 1. The van der Waals surface area contributed by atoms with Crippen molar-refractivity contribution in [2.45, 2.75) is 20.3 Å². The molecule has 0 heterocycles. The third kappa shape index (κ3) is 3.40. The van der Waals surface area contributed by atoms with Crippen molar-refractivity contribution >= 4 is 17.3 Å². The van der Waals surface area contributed by atoms with Crippen molar-refractivity contribution in [3.8, 4) is 0 Å². The van der Waals surface area contributed by atoms with Crippen molar-refractivity contribution in [1.82, 2.24) is 0 Å². The maximum atomic E-state index is 13.4. The van der Waals surface area contributed by atoms with Crippen molar-refractivity contribution < 1.29 is 9.18 Å². The summed E-state index contributed by atoms with van der Waals surface area (Å²) in [5.41, 5.74) is 8.24. The van der Waals surface area contributed by atoms with Crippen LogP contribution < -0.4 is 10.6 Å². The molecule has 2 rings (SSSR count). The average molecular weight is 286 g/mol. The summed E-state index contributed by atoms with van der Waals surface area (Å²) in [5, 5.41) is 0. The highest BCUT2D eigenvalue weighted by molar-refractivity contribution is 6.07. The molecule has 0 aliphatic rings. The molecule has 0 radical (unpaired) electrons. The molecule has 0 saturated heterocycles. The molecular formula is C17H19FN2O. The van der Waals surface area contributed by atoms with Crippen LogP contribution >= 0.6 is 0 Å². The van der Waals surface area contributed by atoms with Crippen LogP contribution in [0.15, 0.2) is 42.5 Å². The van der Waals surface area contributed by atoms with Gasteiger partial charge in [-0.15, -0.1) is 0 Å². The number of aryl methyl sites for hydroxylation is 1. The second-order valence-corrected chi connectivity index (χ2v) is 5.01. The van der Waals surface area contributed by atoms with Gasteiger partial charge in [0.1, 0.15) is 5.82 Å². The van der Waals surface area contributed by atoms with Crippen LogP contribution in [0.5, 0.6) is 0 Å². The lowest BCUT2D eigenvalue weighted by atomic mass is 10.1. The molecular weight excluding hydrogens is 267 g/mol. The van der Waals surface area contributed by atoms with E-state index in [4.69, 9.17) is 5.73 Å². The maximum Gasteiger partial charge on any atom is 0.258 e. The first kappa shape index (κ1) is 15.0. The minimum Gasteiger partial charge on any atom is -0.399 e. The van der Waals surface area contributed by atoms with Crippen molar-refractivity contribution in [2.75, 3.05) is 17.2 Å². The molecule has 0 aromatic heterocycles. The van der Waals surface area contributed by atoms with Gasteiger partial charge < -0.3 is 10.6 Å². The fourth-order valence-corrected chi connectivity index (χ4v) is 2.20. The first-order valence-electron chi connectivity index (χ1n) is 6.96. The molecule has 0 aliphatic heterocycles. The van der Waals surface area contributed by atoms with Gasteiger partial charge in [0, 0.05) is 23.5 Å². The Kier molecular flexibility index (Phi) is 4.58. The molecule has 0 atom stereocenters. The summed E-state index contributed by atoms with van der Waals surface area (Å²) < 4.78 is 13.4. The van der Waals surface area contributed by atoms with E-state index in [-0.39, 0.29) is 5.91 Å². The minimum absolute atomic E-state index is 0.196. The highest BCUT2D eigenvalue weighted by Gasteiger charge is 2.19. The molecule has 0 saturated carbocycles. The molecule has 0 fully saturated rings. The number of nitrogens with zero attached hydrogens (tertiary/aromatic N) is 1. The standard InChI is InChI=1S/C17H19FN2O/c1-3-10-20(15-8-6-14(19)7-9-15)17(21)16-11-13(18)5-4-12(16)2/h4-9,11H,3,10,19H2,1-2H3. The Labute approximate surface area is 124 Å². The highest BCUT2D eigenvalue weighted by atomic mass is 19.1. The zero-order valence-electron chi connectivity index (χ0n) is 12.3. The van der Waals surface area contributed by atoms with E-state index in [1.54, 1.807) is 42.2 Å². The zero-order valence-corrected chi connectivity index (χ0v) is 12.3. The summed E-state index contributed by atoms with van der Waals surface area (Å²) in [6.45, 7) is 4.37. The smallest absolute Gasteiger partial charge is 0.258 e. The van der Waals surface area contributed by atoms with Crippen LogP contribution in [0.2, 0.25) is 0 Å². The Hall–Kier alpha value is -2.36. The number of nitrogens with two attached hydrogens (primary N) is 1. The van der Waals surface area contributed by atoms with E-state index in [9.17, 15) is 9.18 Å². The summed E-state index contributed by atoms with van der Waals surface area (Å²) in [5.74, 6) is -0.601. The second kappa shape index (κ2) is 6.39. The summed E-state index contributed by atoms with van der Waals surface area (Å²) in [6.07, 6.45) is 0.810. The Morgan fingerprint density at radius 2 is 1.86 bits per heavy atom. The van der Waals surface area contributed by atoms with Crippen LogP contribution in [0.1, 0.15) is 29.3 Å². The minimum atomic E-state index is -0.405. The normalized spacial score (nSPS) is 10.4. The number of hydrogen-bond acceptors (Lipinski definition) is 2. The number of amides is 1. The maximum absolute atomic E-state index is 13.4. The third-order valence-corrected chi connectivity index (χ3v) is 3.33. The largest absolute Gasteiger partial charge is 0.399 e. The lowest BCUT2D eigenvalue weighted by Crippen LogP contribution is -2.32. The molecule has 1 amide bonds. The summed E-state index contributed by atoms with van der Waals surface area (Å²) in [4.78, 5) is 14.4. The topological polar surface area (TPSA) is 46.3 Å². The number of carbonyl (C=O) groups excluding carboxylic acids is 1. The van der Waals surface area contributed by atoms with Crippen molar-refractivity contribution in [3.05, 3.63) is 59.4 Å². The molecule has 0 bridgehead atoms. The summed E-state index contributed by atoms with van der Waals surface area (Å²) in [6, 6.07) is 11.4. The van der Waals surface area contributed by atoms with Gasteiger partial charge in [-0.1, -0.05) is 13.0 Å². The van der Waals surface area contributed by atoms with Gasteiger partial charge in [-0.2, -0.15) is 0 Å². The van der Waals surface area contributed by atoms with Gasteiger partial charge in [-0.05, 0) is 55.3 Å². The first-order valence-corrected chi connectivity index (χ1v) is 6.96. The highest BCUT2D eigenvalue weighted by Crippen LogP contribution is 2.21. The lowest BCUT2D eigenvalue weighted by Gasteiger charge is -2.23. The number of rotatable bonds is 4. The Morgan fingerprint density at radius 3 is 2.48 bits per heavy atom. The van der Waals surface area contributed by atoms with E-state index < -0.39 is 5.82 Å². The van der Waals surface area contributed by atoms with Gasteiger partial charge in [0.05, 0.1) is 0 Å². The fourth-order valence-electron chi connectivity index (χ4n) is 2.20. The molecule has 2 N–H and O–H groups in total. The van der Waals surface area contributed by atoms with Gasteiger partial charge in [-0.25, -0.2) is 4.39 Å². The van der Waals surface area contributed by atoms with Gasteiger partial charge >= 0.3 is 0 Å². The van der Waals surface area contributed by atoms with E-state index in [0.29, 0.717) is 17.8 Å². The van der Waals surface area contributed by atoms with E-state index in [1.807, 2.05) is 6.92 Å². The van der Waals surface area contributed by atoms with Crippen LogP contribution in [0, 0.1) is 12.7 Å². The summed E-state index contributed by atoms with van der Waals surface area (Å²) in [7, 11) is 0. The quantitative estimate of drug-likeness (QED) is 0.870. The zero-order chi connectivity index (χ0) is 15.4. The third-order valence-electron chi connectivity index (χ3n) is 3.33. The Morgan fingerprint density at radius 1 is 1.19 bits per heavy atom. The Bertz CT molecular complexity index is 638. The number of hydrogen-bond donors (Lipinski definition) is 1. The predicted octanol–water partition coefficient (Wildman–Crippen LogP) is 3.77. The molecule has 0 unspecified atom stereocenters. The lowest BCUT2D eigenvalue weighted by molar-refractivity contribution is 0.0986. The molecule has 0 aliphatic carbocycles. The molecule has 2 aromatic carbocycles. The second-order valence-electron chi connectivity index (χ2n) is 5.01. The number of anilines is 2. The molecule has 0 spiro atoms. The predicted molar refractivity (Wildman–Crippen MR) is 84.0 cm³/mol. The van der Waals surface area contributed by atoms with E-state index >= 15 is 0 Å². The number of carbonyl (C=O) groups is 1. The van der Waals surface area contributed by atoms with Crippen LogP contribution in [0.4, 0.5) is 15.8 Å². The molecule has 3 nitrogen and oxygen atoms in total. The summed E-state index contributed by atoms with van der Waals surface area (Å²) >= 11 is 0. The van der Waals surface area contributed by atoms with Crippen molar-refractivity contribution in [2.24, 2.45) is 0 Å². The van der Waals surface area contributed by atoms with E-state index in [1.165, 1.54) is 12.1 Å². The molecule has 110 valence electrons. The van der Waals surface area contributed by atoms with E-state index in [0.717, 1.165) is 17.7 Å². The number of benzene rings is 2. The van der Waals surface area contributed by atoms with E-state index in [2.05, 4.69) is 0 Å². The van der Waals surface area contributed by atoms with Gasteiger partial charge in [0.2, 0.25) is 0 Å². The van der Waals surface area contributed by atoms with Gasteiger partial charge in [0.25, 0.3) is 5.91 Å². The van der Waals surface area contributed by atoms with Crippen LogP contribution in [-0.4, -0.2) is 12.5 Å². The average Bonchev–Trinajstić information content (AvgIpc) is 2.48. The molecule has 2 aromatic rings. The SMILES string of the molecule is CCCN(C(=O)c1cc(F)ccc1C)c1ccc(N)cc1.